The van der Waals surface area contributed by atoms with Crippen LogP contribution < -0.4 is 0 Å². The van der Waals surface area contributed by atoms with Crippen molar-refractivity contribution in [3.05, 3.63) is 12.2 Å². The van der Waals surface area contributed by atoms with Gasteiger partial charge in [-0.05, 0) is 19.3 Å². The summed E-state index contributed by atoms with van der Waals surface area (Å²) in [6, 6.07) is 0. The Morgan fingerprint density at radius 3 is 2.40 bits per heavy atom. The lowest BCUT2D eigenvalue weighted by Gasteiger charge is -2.14. The maximum Gasteiger partial charge on any atom is 0.0651 e. The summed E-state index contributed by atoms with van der Waals surface area (Å²) in [5.41, 5.74) is 0. The predicted octanol–water partition coefficient (Wildman–Crippen LogP) is 4.72. The zero-order valence-corrected chi connectivity index (χ0v) is 10.8. The highest BCUT2D eigenvalue weighted by Crippen LogP contribution is 2.10. The maximum atomic E-state index is 5.79. The molecule has 0 aromatic heterocycles. The summed E-state index contributed by atoms with van der Waals surface area (Å²) >= 11 is 0. The predicted molar refractivity (Wildman–Crippen MR) is 68.2 cm³/mol. The molecule has 90 valence electrons. The molecule has 0 aliphatic carbocycles. The number of ether oxygens (including phenoxy) is 1. The molecular formula is C14H28O. The average Bonchev–Trinajstić information content (AvgIpc) is 2.27. The summed E-state index contributed by atoms with van der Waals surface area (Å²) in [6.07, 6.45) is 13.6. The molecular weight excluding hydrogens is 184 g/mol. The topological polar surface area (TPSA) is 9.23 Å². The molecule has 0 aliphatic rings. The van der Waals surface area contributed by atoms with Crippen molar-refractivity contribution in [2.45, 2.75) is 71.8 Å². The van der Waals surface area contributed by atoms with E-state index >= 15 is 0 Å². The first-order valence-corrected chi connectivity index (χ1v) is 6.61. The van der Waals surface area contributed by atoms with Crippen LogP contribution in [0.4, 0.5) is 0 Å². The summed E-state index contributed by atoms with van der Waals surface area (Å²) in [5, 5.41) is 0. The Morgan fingerprint density at radius 2 is 1.80 bits per heavy atom. The molecule has 0 heterocycles. The molecule has 1 heteroatoms. The van der Waals surface area contributed by atoms with Gasteiger partial charge >= 0.3 is 0 Å². The Morgan fingerprint density at radius 1 is 1.00 bits per heavy atom. The molecule has 0 aromatic carbocycles. The van der Waals surface area contributed by atoms with E-state index in [1.807, 2.05) is 0 Å². The Balaban J connectivity index is 3.41. The Labute approximate surface area is 95.9 Å². The van der Waals surface area contributed by atoms with Crippen LogP contribution in [-0.4, -0.2) is 12.7 Å². The van der Waals surface area contributed by atoms with Crippen LogP contribution in [0.3, 0.4) is 0 Å². The van der Waals surface area contributed by atoms with Crippen LogP contribution in [-0.2, 0) is 4.74 Å². The first kappa shape index (κ1) is 14.7. The van der Waals surface area contributed by atoms with Crippen LogP contribution in [0.1, 0.15) is 65.7 Å². The number of rotatable bonds is 10. The fourth-order valence-electron chi connectivity index (χ4n) is 1.63. The first-order chi connectivity index (χ1) is 7.35. The van der Waals surface area contributed by atoms with Gasteiger partial charge in [-0.2, -0.15) is 0 Å². The van der Waals surface area contributed by atoms with Crippen LogP contribution in [0.25, 0.3) is 0 Å². The molecule has 0 spiro atoms. The first-order valence-electron chi connectivity index (χ1n) is 6.61. The van der Waals surface area contributed by atoms with Crippen LogP contribution in [0.2, 0.25) is 0 Å². The number of allylic oxidation sites excluding steroid dienone is 1. The molecule has 0 aromatic rings. The number of unbranched alkanes of at least 4 members (excludes halogenated alkanes) is 3. The van der Waals surface area contributed by atoms with Gasteiger partial charge in [-0.3, -0.25) is 0 Å². The molecule has 1 unspecified atom stereocenters. The Bertz CT molecular complexity index is 140. The molecule has 0 radical (unpaired) electrons. The molecule has 0 saturated carbocycles. The monoisotopic (exact) mass is 212 g/mol. The molecule has 1 atom stereocenters. The van der Waals surface area contributed by atoms with Crippen molar-refractivity contribution in [2.75, 3.05) is 6.61 Å². The second-order valence-corrected chi connectivity index (χ2v) is 4.09. The quantitative estimate of drug-likeness (QED) is 0.376. The normalized spacial score (nSPS) is 13.5. The van der Waals surface area contributed by atoms with E-state index in [0.717, 1.165) is 19.4 Å². The van der Waals surface area contributed by atoms with Crippen LogP contribution in [0.5, 0.6) is 0 Å². The van der Waals surface area contributed by atoms with Gasteiger partial charge in [0.1, 0.15) is 0 Å². The van der Waals surface area contributed by atoms with Gasteiger partial charge in [-0.1, -0.05) is 58.6 Å². The molecule has 0 saturated heterocycles. The highest BCUT2D eigenvalue weighted by atomic mass is 16.5. The third-order valence-corrected chi connectivity index (χ3v) is 2.67. The number of hydrogen-bond acceptors (Lipinski definition) is 1. The molecule has 15 heavy (non-hydrogen) atoms. The van der Waals surface area contributed by atoms with Gasteiger partial charge in [0.25, 0.3) is 0 Å². The van der Waals surface area contributed by atoms with Crippen LogP contribution >= 0.6 is 0 Å². The van der Waals surface area contributed by atoms with E-state index < -0.39 is 0 Å². The third kappa shape index (κ3) is 9.99. The summed E-state index contributed by atoms with van der Waals surface area (Å²) in [4.78, 5) is 0. The minimum absolute atomic E-state index is 0.475. The van der Waals surface area contributed by atoms with E-state index in [0.29, 0.717) is 6.10 Å². The average molecular weight is 212 g/mol. The van der Waals surface area contributed by atoms with Crippen molar-refractivity contribution in [1.29, 1.82) is 0 Å². The molecule has 0 aliphatic heterocycles. The van der Waals surface area contributed by atoms with E-state index in [-0.39, 0.29) is 0 Å². The highest BCUT2D eigenvalue weighted by molar-refractivity contribution is 4.80. The third-order valence-electron chi connectivity index (χ3n) is 2.67. The zero-order chi connectivity index (χ0) is 11.4. The van der Waals surface area contributed by atoms with Gasteiger partial charge in [0, 0.05) is 0 Å². The molecule has 0 bridgehead atoms. The minimum Gasteiger partial charge on any atom is -0.374 e. The van der Waals surface area contributed by atoms with Gasteiger partial charge in [0.15, 0.2) is 0 Å². The lowest BCUT2D eigenvalue weighted by atomic mass is 10.1. The lowest BCUT2D eigenvalue weighted by molar-refractivity contribution is 0.0629. The van der Waals surface area contributed by atoms with E-state index in [1.165, 1.54) is 32.1 Å². The van der Waals surface area contributed by atoms with Gasteiger partial charge in [0.2, 0.25) is 0 Å². The summed E-state index contributed by atoms with van der Waals surface area (Å²) in [7, 11) is 0. The van der Waals surface area contributed by atoms with Crippen LogP contribution in [0, 0.1) is 0 Å². The Hall–Kier alpha value is -0.300. The van der Waals surface area contributed by atoms with Gasteiger partial charge in [-0.25, -0.2) is 0 Å². The summed E-state index contributed by atoms with van der Waals surface area (Å²) in [6.45, 7) is 7.41. The SMILES string of the molecule is CCC=CCOC(CC)CCCCCC. The molecule has 0 rings (SSSR count). The van der Waals surface area contributed by atoms with E-state index in [4.69, 9.17) is 4.74 Å². The van der Waals surface area contributed by atoms with Crippen molar-refractivity contribution in [3.8, 4) is 0 Å². The fraction of sp³-hybridized carbons (Fsp3) is 0.857. The lowest BCUT2D eigenvalue weighted by Crippen LogP contribution is -2.11. The minimum atomic E-state index is 0.475. The van der Waals surface area contributed by atoms with Crippen molar-refractivity contribution in [3.63, 3.8) is 0 Å². The van der Waals surface area contributed by atoms with Gasteiger partial charge in [0.05, 0.1) is 12.7 Å². The van der Waals surface area contributed by atoms with E-state index in [9.17, 15) is 0 Å². The van der Waals surface area contributed by atoms with Crippen molar-refractivity contribution >= 4 is 0 Å². The van der Waals surface area contributed by atoms with Gasteiger partial charge in [-0.15, -0.1) is 0 Å². The second-order valence-electron chi connectivity index (χ2n) is 4.09. The Kier molecular flexibility index (Phi) is 11.5. The molecule has 0 amide bonds. The molecule has 1 nitrogen and oxygen atoms in total. The summed E-state index contributed by atoms with van der Waals surface area (Å²) in [5.74, 6) is 0. The largest absolute Gasteiger partial charge is 0.374 e. The molecule has 0 N–H and O–H groups in total. The zero-order valence-electron chi connectivity index (χ0n) is 10.8. The smallest absolute Gasteiger partial charge is 0.0651 e. The number of hydrogen-bond donors (Lipinski definition) is 0. The van der Waals surface area contributed by atoms with Crippen LogP contribution in [0.15, 0.2) is 12.2 Å². The molecule has 0 fully saturated rings. The van der Waals surface area contributed by atoms with Gasteiger partial charge < -0.3 is 4.74 Å². The van der Waals surface area contributed by atoms with Crippen molar-refractivity contribution < 1.29 is 4.74 Å². The summed E-state index contributed by atoms with van der Waals surface area (Å²) < 4.78 is 5.79. The fourth-order valence-corrected chi connectivity index (χ4v) is 1.63. The van der Waals surface area contributed by atoms with Crippen molar-refractivity contribution in [1.82, 2.24) is 0 Å². The van der Waals surface area contributed by atoms with Crippen molar-refractivity contribution in [2.24, 2.45) is 0 Å². The highest BCUT2D eigenvalue weighted by Gasteiger charge is 2.04. The van der Waals surface area contributed by atoms with E-state index in [2.05, 4.69) is 32.9 Å². The van der Waals surface area contributed by atoms with E-state index in [1.54, 1.807) is 0 Å². The second kappa shape index (κ2) is 11.8. The maximum absolute atomic E-state index is 5.79. The standard InChI is InChI=1S/C14H28O/c1-4-7-9-10-12-14(6-3)15-13-11-8-5-2/h8,11,14H,4-7,9-10,12-13H2,1-3H3.